The van der Waals surface area contributed by atoms with Gasteiger partial charge in [-0.05, 0) is 56.2 Å². The molecule has 0 aromatic heterocycles. The molecule has 1 amide bonds. The van der Waals surface area contributed by atoms with Gasteiger partial charge in [0, 0.05) is 23.1 Å². The molecule has 3 aliphatic rings. The summed E-state index contributed by atoms with van der Waals surface area (Å²) in [5.74, 6) is 0.408. The average molecular weight is 413 g/mol. The predicted molar refractivity (Wildman–Crippen MR) is 94.2 cm³/mol. The van der Waals surface area contributed by atoms with E-state index in [2.05, 4.69) is 27.6 Å². The van der Waals surface area contributed by atoms with Gasteiger partial charge in [-0.15, -0.1) is 0 Å². The van der Waals surface area contributed by atoms with Crippen molar-refractivity contribution in [3.63, 3.8) is 0 Å². The van der Waals surface area contributed by atoms with Crippen LogP contribution < -0.4 is 4.72 Å². The summed E-state index contributed by atoms with van der Waals surface area (Å²) in [5, 5.41) is 0. The van der Waals surface area contributed by atoms with Gasteiger partial charge in [0.2, 0.25) is 10.0 Å². The Morgan fingerprint density at radius 1 is 1.25 bits per heavy atom. The number of sulfonamides is 1. The van der Waals surface area contributed by atoms with Crippen LogP contribution in [-0.4, -0.2) is 31.3 Å². The van der Waals surface area contributed by atoms with Crippen LogP contribution in [0.3, 0.4) is 0 Å². The third-order valence-electron chi connectivity index (χ3n) is 5.48. The molecule has 4 rings (SSSR count). The number of halogens is 1. The number of nitrogens with one attached hydrogen (secondary N) is 1. The summed E-state index contributed by atoms with van der Waals surface area (Å²) < 4.78 is 29.1. The van der Waals surface area contributed by atoms with Crippen molar-refractivity contribution in [2.45, 2.75) is 62.6 Å². The van der Waals surface area contributed by atoms with E-state index in [-0.39, 0.29) is 22.9 Å². The Hall–Kier alpha value is -0.920. The van der Waals surface area contributed by atoms with E-state index in [4.69, 9.17) is 0 Å². The molecule has 130 valence electrons. The second kappa shape index (κ2) is 5.81. The molecule has 1 aromatic carbocycles. The summed E-state index contributed by atoms with van der Waals surface area (Å²) in [6.07, 6.45) is 5.09. The highest BCUT2D eigenvalue weighted by molar-refractivity contribution is 9.10. The smallest absolute Gasteiger partial charge is 0.256 e. The van der Waals surface area contributed by atoms with E-state index in [1.54, 1.807) is 6.07 Å². The van der Waals surface area contributed by atoms with Crippen LogP contribution in [0.5, 0.6) is 0 Å². The zero-order chi connectivity index (χ0) is 17.1. The van der Waals surface area contributed by atoms with Crippen LogP contribution >= 0.6 is 15.9 Å². The number of hydrogen-bond acceptors (Lipinski definition) is 3. The molecule has 7 heteroatoms. The molecule has 1 unspecified atom stereocenters. The van der Waals surface area contributed by atoms with E-state index in [1.807, 2.05) is 11.0 Å². The lowest BCUT2D eigenvalue weighted by molar-refractivity contribution is 0.0694. The minimum atomic E-state index is -3.68. The van der Waals surface area contributed by atoms with Crippen molar-refractivity contribution < 1.29 is 13.2 Å². The lowest BCUT2D eigenvalue weighted by atomic mass is 9.94. The normalized spacial score (nSPS) is 22.4. The van der Waals surface area contributed by atoms with Gasteiger partial charge in [0.1, 0.15) is 0 Å². The van der Waals surface area contributed by atoms with Crippen LogP contribution in [0.15, 0.2) is 21.5 Å². The molecular weight excluding hydrogens is 392 g/mol. The molecule has 24 heavy (non-hydrogen) atoms. The quantitative estimate of drug-likeness (QED) is 0.807. The molecule has 1 aliphatic heterocycles. The molecule has 2 fully saturated rings. The van der Waals surface area contributed by atoms with Crippen LogP contribution in [0.4, 0.5) is 0 Å². The van der Waals surface area contributed by atoms with E-state index in [0.717, 1.165) is 37.7 Å². The second-order valence-corrected chi connectivity index (χ2v) is 9.80. The fourth-order valence-electron chi connectivity index (χ4n) is 3.59. The van der Waals surface area contributed by atoms with Gasteiger partial charge in [0.15, 0.2) is 0 Å². The molecule has 0 spiro atoms. The zero-order valence-corrected chi connectivity index (χ0v) is 16.0. The predicted octanol–water partition coefficient (Wildman–Crippen LogP) is 3.03. The van der Waals surface area contributed by atoms with Crippen molar-refractivity contribution in [1.29, 1.82) is 0 Å². The van der Waals surface area contributed by atoms with Gasteiger partial charge in [-0.1, -0.05) is 22.4 Å². The van der Waals surface area contributed by atoms with E-state index < -0.39 is 10.0 Å². The third kappa shape index (κ3) is 2.80. The summed E-state index contributed by atoms with van der Waals surface area (Å²) >= 11 is 3.40. The first-order valence-corrected chi connectivity index (χ1v) is 10.8. The van der Waals surface area contributed by atoms with Crippen LogP contribution in [0.25, 0.3) is 0 Å². The first-order chi connectivity index (χ1) is 11.4. The Balaban J connectivity index is 1.71. The fourth-order valence-corrected chi connectivity index (χ4v) is 5.81. The molecule has 0 bridgehead atoms. The molecule has 5 nitrogen and oxygen atoms in total. The Kier molecular flexibility index (Phi) is 4.01. The van der Waals surface area contributed by atoms with Crippen molar-refractivity contribution in [2.75, 3.05) is 0 Å². The van der Waals surface area contributed by atoms with Gasteiger partial charge < -0.3 is 4.90 Å². The van der Waals surface area contributed by atoms with Crippen molar-refractivity contribution in [3.8, 4) is 0 Å². The number of amides is 1. The summed E-state index contributed by atoms with van der Waals surface area (Å²) in [5.41, 5.74) is 1.16. The fraction of sp³-hybridized carbons (Fsp3) is 0.588. The number of rotatable bonds is 5. The van der Waals surface area contributed by atoms with E-state index >= 15 is 0 Å². The minimum absolute atomic E-state index is 0.00243. The minimum Gasteiger partial charge on any atom is -0.331 e. The highest BCUT2D eigenvalue weighted by Gasteiger charge is 2.41. The number of fused-ring (bicyclic) bond motifs is 1. The summed E-state index contributed by atoms with van der Waals surface area (Å²) in [6.45, 7) is 2.56. The largest absolute Gasteiger partial charge is 0.331 e. The number of carbonyl (C=O) groups is 1. The number of carbonyl (C=O) groups excluding carboxylic acids is 1. The van der Waals surface area contributed by atoms with Gasteiger partial charge >= 0.3 is 0 Å². The average Bonchev–Trinajstić information content (AvgIpc) is 3.27. The highest BCUT2D eigenvalue weighted by Crippen LogP contribution is 2.40. The van der Waals surface area contributed by atoms with Crippen molar-refractivity contribution in [2.24, 2.45) is 5.92 Å². The summed E-state index contributed by atoms with van der Waals surface area (Å²) in [4.78, 5) is 14.9. The number of nitrogens with zero attached hydrogens (tertiary/aromatic N) is 1. The lowest BCUT2D eigenvalue weighted by Crippen LogP contribution is -2.40. The molecule has 1 atom stereocenters. The summed E-state index contributed by atoms with van der Waals surface area (Å²) in [7, 11) is -3.68. The molecule has 1 aromatic rings. The van der Waals surface area contributed by atoms with Crippen LogP contribution in [0, 0.1) is 5.92 Å². The number of benzene rings is 1. The van der Waals surface area contributed by atoms with Gasteiger partial charge in [0.05, 0.1) is 10.5 Å². The van der Waals surface area contributed by atoms with Crippen molar-refractivity contribution in [3.05, 3.63) is 27.7 Å². The maximum absolute atomic E-state index is 12.9. The van der Waals surface area contributed by atoms with Crippen LogP contribution in [0.1, 0.15) is 54.9 Å². The van der Waals surface area contributed by atoms with Crippen molar-refractivity contribution >= 4 is 31.9 Å². The van der Waals surface area contributed by atoms with Crippen molar-refractivity contribution in [1.82, 2.24) is 9.62 Å². The van der Waals surface area contributed by atoms with E-state index in [9.17, 15) is 13.2 Å². The van der Waals surface area contributed by atoms with Crippen LogP contribution in [0.2, 0.25) is 0 Å². The topological polar surface area (TPSA) is 66.5 Å². The third-order valence-corrected chi connectivity index (χ3v) is 7.48. The second-order valence-electron chi connectivity index (χ2n) is 7.20. The molecule has 2 saturated carbocycles. The highest BCUT2D eigenvalue weighted by atomic mass is 79.9. The standard InChI is InChI=1S/C17H21BrN2O3S/c1-10(11-5-6-11)20-9-12-7-13(18)8-15(16(12)17(20)21)24(22,23)19-14-3-2-4-14/h7-8,10-11,14,19H,2-6,9H2,1H3. The maximum Gasteiger partial charge on any atom is 0.256 e. The molecule has 1 N–H and O–H groups in total. The molecule has 2 aliphatic carbocycles. The van der Waals surface area contributed by atoms with Gasteiger partial charge in [-0.3, -0.25) is 4.79 Å². The first-order valence-electron chi connectivity index (χ1n) is 8.52. The molecule has 1 heterocycles. The monoisotopic (exact) mass is 412 g/mol. The summed E-state index contributed by atoms with van der Waals surface area (Å²) in [6, 6.07) is 3.60. The van der Waals surface area contributed by atoms with E-state index in [1.165, 1.54) is 0 Å². The Labute approximate surface area is 151 Å². The van der Waals surface area contributed by atoms with Gasteiger partial charge in [0.25, 0.3) is 5.91 Å². The molecular formula is C17H21BrN2O3S. The molecule has 0 radical (unpaired) electrons. The van der Waals surface area contributed by atoms with Crippen LogP contribution in [-0.2, 0) is 16.6 Å². The molecule has 0 saturated heterocycles. The first kappa shape index (κ1) is 16.5. The Morgan fingerprint density at radius 2 is 1.96 bits per heavy atom. The van der Waals surface area contributed by atoms with E-state index in [0.29, 0.717) is 22.5 Å². The zero-order valence-electron chi connectivity index (χ0n) is 13.6. The SMILES string of the molecule is CC(C1CC1)N1Cc2cc(Br)cc(S(=O)(=O)NC3CCC3)c2C1=O. The Bertz CT molecular complexity index is 800. The van der Waals surface area contributed by atoms with Gasteiger partial charge in [-0.2, -0.15) is 0 Å². The maximum atomic E-state index is 12.9. The lowest BCUT2D eigenvalue weighted by Gasteiger charge is -2.26. The number of hydrogen-bond donors (Lipinski definition) is 1. The van der Waals surface area contributed by atoms with Gasteiger partial charge in [-0.25, -0.2) is 13.1 Å². The Morgan fingerprint density at radius 3 is 2.54 bits per heavy atom.